The van der Waals surface area contributed by atoms with Crippen LogP contribution in [0.3, 0.4) is 0 Å². The second-order valence-electron chi connectivity index (χ2n) is 6.88. The van der Waals surface area contributed by atoms with Crippen LogP contribution in [0.5, 0.6) is 5.75 Å². The monoisotopic (exact) mass is 373 g/mol. The lowest BCUT2D eigenvalue weighted by Crippen LogP contribution is -2.26. The van der Waals surface area contributed by atoms with E-state index in [0.717, 1.165) is 18.6 Å². The number of benzene rings is 3. The van der Waals surface area contributed by atoms with Crippen LogP contribution in [0.4, 0.5) is 0 Å². The van der Waals surface area contributed by atoms with Crippen molar-refractivity contribution in [1.82, 2.24) is 5.32 Å². The molecule has 3 heteroatoms. The number of amides is 1. The molecule has 1 N–H and O–H groups in total. The van der Waals surface area contributed by atoms with Crippen LogP contribution >= 0.6 is 0 Å². The summed E-state index contributed by atoms with van der Waals surface area (Å²) in [5, 5.41) is 3.08. The van der Waals surface area contributed by atoms with Crippen molar-refractivity contribution in [3.8, 4) is 5.75 Å². The normalized spacial score (nSPS) is 10.6. The zero-order valence-corrected chi connectivity index (χ0v) is 16.3. The van der Waals surface area contributed by atoms with E-state index in [2.05, 4.69) is 35.6 Å². The molecule has 0 saturated heterocycles. The number of hydrogen-bond donors (Lipinski definition) is 1. The van der Waals surface area contributed by atoms with Crippen LogP contribution in [0, 0.1) is 0 Å². The van der Waals surface area contributed by atoms with Gasteiger partial charge in [0.1, 0.15) is 5.75 Å². The van der Waals surface area contributed by atoms with E-state index in [0.29, 0.717) is 13.0 Å². The standard InChI is InChI=1S/C25H27NO2/c1-28-23-16-8-10-20(18-23)11-9-17-26-25(27)19-24(21-12-4-2-5-13-21)22-14-6-3-7-15-22/h2-8,10,12-16,18,24H,9,11,17,19H2,1H3,(H,26,27). The van der Waals surface area contributed by atoms with E-state index in [-0.39, 0.29) is 11.8 Å². The topological polar surface area (TPSA) is 38.3 Å². The van der Waals surface area contributed by atoms with E-state index < -0.39 is 0 Å². The minimum Gasteiger partial charge on any atom is -0.497 e. The van der Waals surface area contributed by atoms with Crippen molar-refractivity contribution in [2.24, 2.45) is 0 Å². The summed E-state index contributed by atoms with van der Waals surface area (Å²) in [6.45, 7) is 0.673. The Balaban J connectivity index is 1.54. The van der Waals surface area contributed by atoms with Gasteiger partial charge in [0.05, 0.1) is 7.11 Å². The molecular formula is C25H27NO2. The smallest absolute Gasteiger partial charge is 0.220 e. The lowest BCUT2D eigenvalue weighted by atomic mass is 9.88. The fraction of sp³-hybridized carbons (Fsp3) is 0.240. The summed E-state index contributed by atoms with van der Waals surface area (Å²) in [6.07, 6.45) is 2.27. The second kappa shape index (κ2) is 10.3. The molecule has 0 radical (unpaired) electrons. The van der Waals surface area contributed by atoms with Crippen LogP contribution in [-0.4, -0.2) is 19.6 Å². The van der Waals surface area contributed by atoms with Crippen molar-refractivity contribution in [1.29, 1.82) is 0 Å². The number of rotatable bonds is 9. The van der Waals surface area contributed by atoms with Crippen molar-refractivity contribution in [3.63, 3.8) is 0 Å². The average molecular weight is 373 g/mol. The van der Waals surface area contributed by atoms with Gasteiger partial charge in [-0.15, -0.1) is 0 Å². The predicted molar refractivity (Wildman–Crippen MR) is 114 cm³/mol. The maximum atomic E-state index is 12.6. The first-order valence-electron chi connectivity index (χ1n) is 9.76. The highest BCUT2D eigenvalue weighted by molar-refractivity contribution is 5.77. The summed E-state index contributed by atoms with van der Waals surface area (Å²) < 4.78 is 5.26. The van der Waals surface area contributed by atoms with Crippen molar-refractivity contribution >= 4 is 5.91 Å². The van der Waals surface area contributed by atoms with Crippen molar-refractivity contribution < 1.29 is 9.53 Å². The van der Waals surface area contributed by atoms with Crippen LogP contribution in [0.25, 0.3) is 0 Å². The first-order chi connectivity index (χ1) is 13.8. The first kappa shape index (κ1) is 19.7. The van der Waals surface area contributed by atoms with Gasteiger partial charge in [0.15, 0.2) is 0 Å². The lowest BCUT2D eigenvalue weighted by Gasteiger charge is -2.18. The molecule has 0 heterocycles. The molecule has 0 aliphatic rings. The van der Waals surface area contributed by atoms with E-state index in [4.69, 9.17) is 4.74 Å². The minimum atomic E-state index is 0.0702. The Morgan fingerprint density at radius 3 is 2.14 bits per heavy atom. The zero-order chi connectivity index (χ0) is 19.6. The molecule has 0 unspecified atom stereocenters. The predicted octanol–water partition coefficient (Wildman–Crippen LogP) is 4.97. The number of hydrogen-bond acceptors (Lipinski definition) is 2. The summed E-state index contributed by atoms with van der Waals surface area (Å²) in [5.41, 5.74) is 3.56. The number of carbonyl (C=O) groups excluding carboxylic acids is 1. The SMILES string of the molecule is COc1cccc(CCCNC(=O)CC(c2ccccc2)c2ccccc2)c1. The molecule has 0 fully saturated rings. The van der Waals surface area contributed by atoms with Gasteiger partial charge in [0.2, 0.25) is 5.91 Å². The minimum absolute atomic E-state index is 0.0702. The molecular weight excluding hydrogens is 346 g/mol. The molecule has 0 aromatic heterocycles. The molecule has 28 heavy (non-hydrogen) atoms. The summed E-state index contributed by atoms with van der Waals surface area (Å²) in [7, 11) is 1.68. The summed E-state index contributed by atoms with van der Waals surface area (Å²) >= 11 is 0. The number of nitrogens with one attached hydrogen (secondary N) is 1. The van der Waals surface area contributed by atoms with Gasteiger partial charge in [-0.2, -0.15) is 0 Å². The van der Waals surface area contributed by atoms with Gasteiger partial charge in [0, 0.05) is 18.9 Å². The molecule has 0 aliphatic carbocycles. The molecule has 144 valence electrons. The van der Waals surface area contributed by atoms with E-state index in [1.54, 1.807) is 7.11 Å². The lowest BCUT2D eigenvalue weighted by molar-refractivity contribution is -0.121. The fourth-order valence-electron chi connectivity index (χ4n) is 3.40. The number of aryl methyl sites for hydroxylation is 1. The molecule has 0 spiro atoms. The van der Waals surface area contributed by atoms with E-state index in [1.165, 1.54) is 16.7 Å². The molecule has 0 atom stereocenters. The largest absolute Gasteiger partial charge is 0.497 e. The third kappa shape index (κ3) is 5.71. The highest BCUT2D eigenvalue weighted by atomic mass is 16.5. The van der Waals surface area contributed by atoms with Crippen molar-refractivity contribution in [2.75, 3.05) is 13.7 Å². The number of ether oxygens (including phenoxy) is 1. The molecule has 3 nitrogen and oxygen atoms in total. The summed E-state index contributed by atoms with van der Waals surface area (Å²) in [5.74, 6) is 1.03. The van der Waals surface area contributed by atoms with Gasteiger partial charge < -0.3 is 10.1 Å². The Hall–Kier alpha value is -3.07. The van der Waals surface area contributed by atoms with Gasteiger partial charge in [-0.1, -0.05) is 72.8 Å². The third-order valence-corrected chi connectivity index (χ3v) is 4.89. The highest BCUT2D eigenvalue weighted by Gasteiger charge is 2.17. The van der Waals surface area contributed by atoms with Gasteiger partial charge >= 0.3 is 0 Å². The van der Waals surface area contributed by atoms with Crippen LogP contribution in [0.1, 0.15) is 35.4 Å². The van der Waals surface area contributed by atoms with Gasteiger partial charge in [-0.05, 0) is 41.7 Å². The maximum Gasteiger partial charge on any atom is 0.220 e. The Bertz CT molecular complexity index is 822. The average Bonchev–Trinajstić information content (AvgIpc) is 2.76. The highest BCUT2D eigenvalue weighted by Crippen LogP contribution is 2.27. The quantitative estimate of drug-likeness (QED) is 0.538. The van der Waals surface area contributed by atoms with Gasteiger partial charge in [0.25, 0.3) is 0 Å². The fourth-order valence-corrected chi connectivity index (χ4v) is 3.40. The first-order valence-corrected chi connectivity index (χ1v) is 9.76. The molecule has 3 aromatic rings. The number of carbonyl (C=O) groups is 1. The van der Waals surface area contributed by atoms with Crippen LogP contribution in [-0.2, 0) is 11.2 Å². The van der Waals surface area contributed by atoms with Crippen LogP contribution in [0.2, 0.25) is 0 Å². The van der Waals surface area contributed by atoms with Crippen LogP contribution in [0.15, 0.2) is 84.9 Å². The maximum absolute atomic E-state index is 12.6. The van der Waals surface area contributed by atoms with Crippen molar-refractivity contribution in [2.45, 2.75) is 25.2 Å². The summed E-state index contributed by atoms with van der Waals surface area (Å²) in [6, 6.07) is 28.5. The Labute approximate surface area is 167 Å². The Morgan fingerprint density at radius 1 is 0.893 bits per heavy atom. The van der Waals surface area contributed by atoms with E-state index in [9.17, 15) is 4.79 Å². The molecule has 3 aromatic carbocycles. The zero-order valence-electron chi connectivity index (χ0n) is 16.3. The van der Waals surface area contributed by atoms with E-state index in [1.807, 2.05) is 54.6 Å². The molecule has 0 saturated carbocycles. The summed E-state index contributed by atoms with van der Waals surface area (Å²) in [4.78, 5) is 12.6. The van der Waals surface area contributed by atoms with Gasteiger partial charge in [-0.3, -0.25) is 4.79 Å². The molecule has 3 rings (SSSR count). The second-order valence-corrected chi connectivity index (χ2v) is 6.88. The third-order valence-electron chi connectivity index (χ3n) is 4.89. The van der Waals surface area contributed by atoms with E-state index >= 15 is 0 Å². The molecule has 1 amide bonds. The number of methoxy groups -OCH3 is 1. The molecule has 0 bridgehead atoms. The van der Waals surface area contributed by atoms with Gasteiger partial charge in [-0.25, -0.2) is 0 Å². The van der Waals surface area contributed by atoms with Crippen molar-refractivity contribution in [3.05, 3.63) is 102 Å². The molecule has 0 aliphatic heterocycles. The van der Waals surface area contributed by atoms with Crippen LogP contribution < -0.4 is 10.1 Å². The Morgan fingerprint density at radius 2 is 1.54 bits per heavy atom. The Kier molecular flexibility index (Phi) is 7.25.